The van der Waals surface area contributed by atoms with Crippen LogP contribution < -0.4 is 15.4 Å². The number of rotatable bonds is 9. The molecule has 0 bridgehead atoms. The largest absolute Gasteiger partial charge is 0.491 e. The van der Waals surface area contributed by atoms with Crippen molar-refractivity contribution in [3.8, 4) is 5.75 Å². The maximum Gasteiger partial charge on any atom is 0.408 e. The maximum absolute atomic E-state index is 12.6. The number of esters is 1. The highest BCUT2D eigenvalue weighted by Gasteiger charge is 2.38. The Morgan fingerprint density at radius 3 is 2.00 bits per heavy atom. The first-order valence-corrected chi connectivity index (χ1v) is 12.5. The summed E-state index contributed by atoms with van der Waals surface area (Å²) in [4.78, 5) is 37.5. The van der Waals surface area contributed by atoms with Crippen LogP contribution in [-0.4, -0.2) is 48.6 Å². The van der Waals surface area contributed by atoms with Crippen LogP contribution in [-0.2, 0) is 25.4 Å². The number of benzene rings is 2. The Morgan fingerprint density at radius 2 is 1.42 bits per heavy atom. The van der Waals surface area contributed by atoms with Gasteiger partial charge in [0.1, 0.15) is 29.1 Å². The molecule has 0 aromatic heterocycles. The number of carbonyl (C=O) groups is 3. The van der Waals surface area contributed by atoms with Crippen LogP contribution in [0.5, 0.6) is 5.75 Å². The van der Waals surface area contributed by atoms with Crippen LogP contribution >= 0.6 is 0 Å². The number of amides is 2. The van der Waals surface area contributed by atoms with Crippen molar-refractivity contribution < 1.29 is 33.3 Å². The summed E-state index contributed by atoms with van der Waals surface area (Å²) in [6, 6.07) is 16.1. The Morgan fingerprint density at radius 1 is 0.816 bits per heavy atom. The third kappa shape index (κ3) is 10.3. The van der Waals surface area contributed by atoms with Crippen LogP contribution in [0.1, 0.15) is 65.6 Å². The molecule has 0 aliphatic carbocycles. The Hall–Kier alpha value is -3.75. The minimum absolute atomic E-state index is 0.133. The van der Waals surface area contributed by atoms with E-state index in [9.17, 15) is 14.4 Å². The van der Waals surface area contributed by atoms with Crippen LogP contribution in [0.15, 0.2) is 54.6 Å². The molecule has 0 heterocycles. The standard InChI is InChI=1S/C29H40N2O7/c1-27(2,3)37-25(33)30-23(21-14-10-9-11-15-21)19-36-22-16-12-13-20(17-22)18-29(7,24(32)35-8)31-26(34)38-28(4,5)6/h9-17,23H,18-19H2,1-8H3,(H,30,33)(H,31,34). The SMILES string of the molecule is COC(=O)C(C)(Cc1cccc(OCC(NC(=O)OC(C)(C)C)c2ccccc2)c1)NC(=O)OC(C)(C)C. The predicted molar refractivity (Wildman–Crippen MR) is 144 cm³/mol. The lowest BCUT2D eigenvalue weighted by Crippen LogP contribution is -2.55. The minimum Gasteiger partial charge on any atom is -0.491 e. The van der Waals surface area contributed by atoms with Gasteiger partial charge in [0.25, 0.3) is 0 Å². The zero-order valence-corrected chi connectivity index (χ0v) is 23.5. The van der Waals surface area contributed by atoms with Crippen LogP contribution in [0.3, 0.4) is 0 Å². The molecule has 9 nitrogen and oxygen atoms in total. The molecule has 2 atom stereocenters. The normalized spacial score (nSPS) is 13.9. The topological polar surface area (TPSA) is 112 Å². The summed E-state index contributed by atoms with van der Waals surface area (Å²) in [6.45, 7) is 12.3. The molecule has 2 amide bonds. The molecule has 2 N–H and O–H groups in total. The average Bonchev–Trinajstić information content (AvgIpc) is 2.79. The van der Waals surface area contributed by atoms with Gasteiger partial charge in [0.15, 0.2) is 0 Å². The fraction of sp³-hybridized carbons (Fsp3) is 0.483. The number of hydrogen-bond acceptors (Lipinski definition) is 7. The lowest BCUT2D eigenvalue weighted by molar-refractivity contribution is -0.147. The van der Waals surface area contributed by atoms with E-state index >= 15 is 0 Å². The van der Waals surface area contributed by atoms with Gasteiger partial charge in [0.05, 0.1) is 13.2 Å². The second-order valence-electron chi connectivity index (χ2n) is 11.2. The monoisotopic (exact) mass is 528 g/mol. The van der Waals surface area contributed by atoms with Crippen LogP contribution in [0.2, 0.25) is 0 Å². The molecule has 208 valence electrons. The van der Waals surface area contributed by atoms with Gasteiger partial charge in [-0.05, 0) is 71.7 Å². The van der Waals surface area contributed by atoms with E-state index in [2.05, 4.69) is 10.6 Å². The van der Waals surface area contributed by atoms with Crippen molar-refractivity contribution in [2.24, 2.45) is 0 Å². The maximum atomic E-state index is 12.6. The molecule has 2 rings (SSSR count). The zero-order chi connectivity index (χ0) is 28.6. The molecule has 2 aromatic carbocycles. The molecule has 0 aliphatic rings. The molecule has 9 heteroatoms. The van der Waals surface area contributed by atoms with E-state index in [0.29, 0.717) is 5.75 Å². The van der Waals surface area contributed by atoms with Gasteiger partial charge in [0, 0.05) is 6.42 Å². The van der Waals surface area contributed by atoms with E-state index in [1.54, 1.807) is 66.7 Å². The Kier molecular flexibility index (Phi) is 10.2. The zero-order valence-electron chi connectivity index (χ0n) is 23.5. The van der Waals surface area contributed by atoms with Gasteiger partial charge < -0.3 is 29.6 Å². The van der Waals surface area contributed by atoms with Crippen molar-refractivity contribution in [1.82, 2.24) is 10.6 Å². The number of nitrogens with one attached hydrogen (secondary N) is 2. The van der Waals surface area contributed by atoms with Crippen LogP contribution in [0.25, 0.3) is 0 Å². The first-order chi connectivity index (χ1) is 17.6. The second-order valence-corrected chi connectivity index (χ2v) is 11.2. The summed E-state index contributed by atoms with van der Waals surface area (Å²) in [5.74, 6) is -0.0840. The number of carbonyl (C=O) groups excluding carboxylic acids is 3. The molecular weight excluding hydrogens is 488 g/mol. The van der Waals surface area contributed by atoms with E-state index in [1.165, 1.54) is 7.11 Å². The summed E-state index contributed by atoms with van der Waals surface area (Å²) < 4.78 is 21.7. The van der Waals surface area contributed by atoms with Crippen LogP contribution in [0.4, 0.5) is 9.59 Å². The fourth-order valence-electron chi connectivity index (χ4n) is 3.61. The third-order valence-corrected chi connectivity index (χ3v) is 5.18. The number of ether oxygens (including phenoxy) is 4. The Balaban J connectivity index is 2.18. The highest BCUT2D eigenvalue weighted by Crippen LogP contribution is 2.23. The Bertz CT molecular complexity index is 1090. The average molecular weight is 529 g/mol. The van der Waals surface area contributed by atoms with Gasteiger partial charge in [0.2, 0.25) is 0 Å². The van der Waals surface area contributed by atoms with Crippen molar-refractivity contribution in [2.75, 3.05) is 13.7 Å². The number of alkyl carbamates (subject to hydrolysis) is 2. The Labute approximate surface area is 225 Å². The lowest BCUT2D eigenvalue weighted by Gasteiger charge is -2.30. The van der Waals surface area contributed by atoms with E-state index in [1.807, 2.05) is 36.4 Å². The smallest absolute Gasteiger partial charge is 0.408 e. The van der Waals surface area contributed by atoms with Crippen molar-refractivity contribution in [3.05, 3.63) is 65.7 Å². The molecule has 0 spiro atoms. The lowest BCUT2D eigenvalue weighted by atomic mass is 9.93. The fourth-order valence-corrected chi connectivity index (χ4v) is 3.61. The first-order valence-electron chi connectivity index (χ1n) is 12.5. The summed E-state index contributed by atoms with van der Waals surface area (Å²) >= 11 is 0. The highest BCUT2D eigenvalue weighted by molar-refractivity contribution is 5.85. The number of hydrogen-bond donors (Lipinski definition) is 2. The predicted octanol–water partition coefficient (Wildman–Crippen LogP) is 5.33. The van der Waals surface area contributed by atoms with E-state index < -0.39 is 40.9 Å². The highest BCUT2D eigenvalue weighted by atomic mass is 16.6. The van der Waals surface area contributed by atoms with Gasteiger partial charge in [-0.25, -0.2) is 14.4 Å². The molecule has 0 fully saturated rings. The van der Waals surface area contributed by atoms with E-state index in [0.717, 1.165) is 11.1 Å². The van der Waals surface area contributed by atoms with E-state index in [4.69, 9.17) is 18.9 Å². The quantitative estimate of drug-likeness (QED) is 0.334. The summed E-state index contributed by atoms with van der Waals surface area (Å²) in [5, 5.41) is 5.51. The number of methoxy groups -OCH3 is 1. The molecule has 2 unspecified atom stereocenters. The van der Waals surface area contributed by atoms with Crippen molar-refractivity contribution >= 4 is 18.2 Å². The molecule has 0 aliphatic heterocycles. The van der Waals surface area contributed by atoms with Gasteiger partial charge in [-0.2, -0.15) is 0 Å². The second kappa shape index (κ2) is 12.7. The van der Waals surface area contributed by atoms with Gasteiger partial charge in [-0.15, -0.1) is 0 Å². The van der Waals surface area contributed by atoms with Gasteiger partial charge in [-0.1, -0.05) is 42.5 Å². The third-order valence-electron chi connectivity index (χ3n) is 5.18. The van der Waals surface area contributed by atoms with Gasteiger partial charge >= 0.3 is 18.2 Å². The van der Waals surface area contributed by atoms with Crippen molar-refractivity contribution in [1.29, 1.82) is 0 Å². The minimum atomic E-state index is -1.37. The molecule has 38 heavy (non-hydrogen) atoms. The summed E-state index contributed by atoms with van der Waals surface area (Å²) in [6.07, 6.45) is -1.14. The van der Waals surface area contributed by atoms with E-state index in [-0.39, 0.29) is 13.0 Å². The summed E-state index contributed by atoms with van der Waals surface area (Å²) in [5.41, 5.74) is -1.16. The van der Waals surface area contributed by atoms with Crippen LogP contribution in [0, 0.1) is 0 Å². The molecule has 0 saturated heterocycles. The molecule has 0 radical (unpaired) electrons. The molecule has 2 aromatic rings. The molecular formula is C29H40N2O7. The first kappa shape index (κ1) is 30.5. The molecule has 0 saturated carbocycles. The summed E-state index contributed by atoms with van der Waals surface area (Å²) in [7, 11) is 1.26. The van der Waals surface area contributed by atoms with Gasteiger partial charge in [-0.3, -0.25) is 0 Å². The van der Waals surface area contributed by atoms with Crippen molar-refractivity contribution in [3.63, 3.8) is 0 Å². The van der Waals surface area contributed by atoms with Crippen molar-refractivity contribution in [2.45, 2.75) is 77.7 Å².